The number of imidazole rings is 1. The Kier molecular flexibility index (Phi) is 4.36. The highest BCUT2D eigenvalue weighted by molar-refractivity contribution is 5.69. The second kappa shape index (κ2) is 6.10. The zero-order chi connectivity index (χ0) is 18.4. The van der Waals surface area contributed by atoms with Crippen molar-refractivity contribution in [1.82, 2.24) is 18.7 Å². The molecule has 1 N–H and O–H groups in total. The Bertz CT molecular complexity index is 896. The van der Waals surface area contributed by atoms with Crippen molar-refractivity contribution in [2.75, 3.05) is 13.7 Å². The maximum absolute atomic E-state index is 12.9. The summed E-state index contributed by atoms with van der Waals surface area (Å²) in [5.74, 6) is 0. The lowest BCUT2D eigenvalue weighted by molar-refractivity contribution is -0.0513. The predicted molar refractivity (Wildman–Crippen MR) is 93.6 cm³/mol. The van der Waals surface area contributed by atoms with E-state index in [-0.39, 0.29) is 23.2 Å². The van der Waals surface area contributed by atoms with E-state index >= 15 is 0 Å². The molecule has 2 aromatic heterocycles. The first-order valence-electron chi connectivity index (χ1n) is 8.52. The zero-order valence-corrected chi connectivity index (χ0v) is 15.3. The van der Waals surface area contributed by atoms with Gasteiger partial charge in [-0.05, 0) is 32.6 Å². The number of hydrogen-bond acceptors (Lipinski definition) is 5. The molecule has 1 aliphatic rings. The fraction of sp³-hybridized carbons (Fsp3) is 0.706. The van der Waals surface area contributed by atoms with E-state index in [1.54, 1.807) is 32.1 Å². The van der Waals surface area contributed by atoms with Crippen LogP contribution in [0.4, 0.5) is 0 Å². The molecule has 1 fully saturated rings. The van der Waals surface area contributed by atoms with Crippen LogP contribution in [0.15, 0.2) is 15.9 Å². The maximum atomic E-state index is 12.9. The highest BCUT2D eigenvalue weighted by atomic mass is 16.5. The number of rotatable bonds is 4. The van der Waals surface area contributed by atoms with Crippen LogP contribution in [0.3, 0.4) is 0 Å². The van der Waals surface area contributed by atoms with Gasteiger partial charge in [0.2, 0.25) is 0 Å². The molecule has 0 radical (unpaired) electrons. The number of nitrogens with zero attached hydrogens (tertiary/aromatic N) is 4. The molecule has 0 unspecified atom stereocenters. The third-order valence-corrected chi connectivity index (χ3v) is 5.53. The van der Waals surface area contributed by atoms with Crippen LogP contribution in [-0.4, -0.2) is 43.1 Å². The van der Waals surface area contributed by atoms with Gasteiger partial charge in [0.15, 0.2) is 11.2 Å². The van der Waals surface area contributed by atoms with Crippen molar-refractivity contribution in [3.8, 4) is 0 Å². The van der Waals surface area contributed by atoms with Crippen molar-refractivity contribution in [3.63, 3.8) is 0 Å². The minimum Gasteiger partial charge on any atom is -0.390 e. The minimum absolute atomic E-state index is 0.281. The molecule has 0 aromatic carbocycles. The summed E-state index contributed by atoms with van der Waals surface area (Å²) >= 11 is 0. The Labute approximate surface area is 145 Å². The van der Waals surface area contributed by atoms with E-state index in [0.29, 0.717) is 43.5 Å². The molecular formula is C17H26N4O4. The van der Waals surface area contributed by atoms with Gasteiger partial charge in [0, 0.05) is 33.2 Å². The molecule has 0 bridgehead atoms. The number of methoxy groups -OCH3 is 1. The fourth-order valence-electron chi connectivity index (χ4n) is 3.84. The van der Waals surface area contributed by atoms with Crippen LogP contribution in [0.1, 0.15) is 32.6 Å². The van der Waals surface area contributed by atoms with Crippen LogP contribution in [0, 0.1) is 5.41 Å². The van der Waals surface area contributed by atoms with Gasteiger partial charge in [0.25, 0.3) is 5.56 Å². The normalized spacial score (nSPS) is 27.1. The largest absolute Gasteiger partial charge is 0.390 e. The van der Waals surface area contributed by atoms with Crippen molar-refractivity contribution in [2.24, 2.45) is 19.5 Å². The summed E-state index contributed by atoms with van der Waals surface area (Å²) in [5.41, 5.74) is -0.924. The van der Waals surface area contributed by atoms with Crippen molar-refractivity contribution < 1.29 is 9.84 Å². The Balaban J connectivity index is 2.08. The third-order valence-electron chi connectivity index (χ3n) is 5.53. The van der Waals surface area contributed by atoms with E-state index in [4.69, 9.17) is 4.74 Å². The van der Waals surface area contributed by atoms with Gasteiger partial charge in [-0.2, -0.15) is 0 Å². The number of aliphatic hydroxyl groups is 1. The van der Waals surface area contributed by atoms with Gasteiger partial charge < -0.3 is 14.4 Å². The van der Waals surface area contributed by atoms with Crippen molar-refractivity contribution in [3.05, 3.63) is 27.2 Å². The van der Waals surface area contributed by atoms with E-state index in [2.05, 4.69) is 4.98 Å². The first-order chi connectivity index (χ1) is 11.7. The highest BCUT2D eigenvalue weighted by Gasteiger charge is 2.40. The Hall–Kier alpha value is -1.93. The molecule has 8 nitrogen and oxygen atoms in total. The average molecular weight is 350 g/mol. The quantitative estimate of drug-likeness (QED) is 0.861. The van der Waals surface area contributed by atoms with Crippen LogP contribution in [0.5, 0.6) is 0 Å². The summed E-state index contributed by atoms with van der Waals surface area (Å²) in [5, 5.41) is 10.3. The Morgan fingerprint density at radius 3 is 2.48 bits per heavy atom. The summed E-state index contributed by atoms with van der Waals surface area (Å²) < 4.78 is 9.76. The molecule has 1 saturated carbocycles. The second-order valence-electron chi connectivity index (χ2n) is 7.69. The number of aromatic nitrogens is 4. The number of aryl methyl sites for hydroxylation is 2. The molecule has 25 heavy (non-hydrogen) atoms. The SMILES string of the molecule is COCC1(Cn2c(=O)c3c(ncn3C)n(C)c2=O)CCC(C)(O)CC1. The molecule has 0 amide bonds. The summed E-state index contributed by atoms with van der Waals surface area (Å²) in [6.45, 7) is 2.56. The van der Waals surface area contributed by atoms with E-state index in [1.165, 1.54) is 9.13 Å². The molecule has 0 aliphatic heterocycles. The molecule has 2 aromatic rings. The van der Waals surface area contributed by atoms with Gasteiger partial charge >= 0.3 is 5.69 Å². The summed E-state index contributed by atoms with van der Waals surface area (Å²) in [6.07, 6.45) is 4.19. The smallest absolute Gasteiger partial charge is 0.332 e. The fourth-order valence-corrected chi connectivity index (χ4v) is 3.84. The maximum Gasteiger partial charge on any atom is 0.332 e. The monoisotopic (exact) mass is 350 g/mol. The van der Waals surface area contributed by atoms with E-state index in [9.17, 15) is 14.7 Å². The lowest BCUT2D eigenvalue weighted by atomic mass is 9.69. The lowest BCUT2D eigenvalue weighted by Gasteiger charge is -2.42. The zero-order valence-electron chi connectivity index (χ0n) is 15.3. The molecule has 8 heteroatoms. The van der Waals surface area contributed by atoms with Crippen molar-refractivity contribution >= 4 is 11.2 Å². The first kappa shape index (κ1) is 17.9. The molecular weight excluding hydrogens is 324 g/mol. The van der Waals surface area contributed by atoms with E-state index in [1.807, 2.05) is 6.92 Å². The molecule has 138 valence electrons. The standard InChI is InChI=1S/C17H26N4O4/c1-16(24)5-7-17(8-6-16,10-25-4)9-21-14(22)12-13(18-11-19(12)2)20(3)15(21)23/h11,24H,5-10H2,1-4H3. The Morgan fingerprint density at radius 2 is 1.88 bits per heavy atom. The second-order valence-corrected chi connectivity index (χ2v) is 7.69. The molecule has 0 saturated heterocycles. The average Bonchev–Trinajstić information content (AvgIpc) is 2.95. The van der Waals surface area contributed by atoms with Crippen LogP contribution in [-0.2, 0) is 25.4 Å². The van der Waals surface area contributed by atoms with E-state index in [0.717, 1.165) is 0 Å². The van der Waals surface area contributed by atoms with Gasteiger partial charge in [0.1, 0.15) is 0 Å². The Morgan fingerprint density at radius 1 is 1.24 bits per heavy atom. The summed E-state index contributed by atoms with van der Waals surface area (Å²) in [7, 11) is 5.00. The predicted octanol–water partition coefficient (Wildman–Crippen LogP) is 0.391. The lowest BCUT2D eigenvalue weighted by Crippen LogP contribution is -2.48. The van der Waals surface area contributed by atoms with E-state index < -0.39 is 5.60 Å². The summed E-state index contributed by atoms with van der Waals surface area (Å²) in [4.78, 5) is 29.8. The van der Waals surface area contributed by atoms with Gasteiger partial charge in [0.05, 0.1) is 18.5 Å². The van der Waals surface area contributed by atoms with Crippen LogP contribution in [0.25, 0.3) is 11.2 Å². The highest BCUT2D eigenvalue weighted by Crippen LogP contribution is 2.41. The third kappa shape index (κ3) is 3.04. The number of ether oxygens (including phenoxy) is 1. The van der Waals surface area contributed by atoms with Crippen LogP contribution < -0.4 is 11.2 Å². The van der Waals surface area contributed by atoms with Crippen LogP contribution in [0.2, 0.25) is 0 Å². The summed E-state index contributed by atoms with van der Waals surface area (Å²) in [6, 6.07) is 0. The molecule has 2 heterocycles. The number of hydrogen-bond donors (Lipinski definition) is 1. The molecule has 1 aliphatic carbocycles. The number of fused-ring (bicyclic) bond motifs is 1. The first-order valence-corrected chi connectivity index (χ1v) is 8.52. The van der Waals surface area contributed by atoms with Crippen LogP contribution >= 0.6 is 0 Å². The van der Waals surface area contributed by atoms with Gasteiger partial charge in [-0.1, -0.05) is 0 Å². The topological polar surface area (TPSA) is 91.3 Å². The molecule has 3 rings (SSSR count). The van der Waals surface area contributed by atoms with Crippen molar-refractivity contribution in [2.45, 2.75) is 44.8 Å². The van der Waals surface area contributed by atoms with Gasteiger partial charge in [-0.25, -0.2) is 9.78 Å². The van der Waals surface area contributed by atoms with Gasteiger partial charge in [-0.3, -0.25) is 13.9 Å². The molecule has 0 atom stereocenters. The molecule has 0 spiro atoms. The van der Waals surface area contributed by atoms with Gasteiger partial charge in [-0.15, -0.1) is 0 Å². The van der Waals surface area contributed by atoms with Crippen molar-refractivity contribution in [1.29, 1.82) is 0 Å². The minimum atomic E-state index is -0.695.